The first-order valence-electron chi connectivity index (χ1n) is 17.2. The number of rotatable bonds is 11. The molecule has 282 valence electrons. The van der Waals surface area contributed by atoms with Crippen LogP contribution in [0.4, 0.5) is 4.39 Å². The van der Waals surface area contributed by atoms with Crippen molar-refractivity contribution in [3.05, 3.63) is 41.5 Å². The molecular formula is C34H44FN7O9S. The predicted octanol–water partition coefficient (Wildman–Crippen LogP) is 1.16. The number of hydrogen-bond donors (Lipinski definition) is 3. The number of carbonyl (C=O) groups is 5. The number of aliphatic hydroxyl groups is 1. The number of Topliss-reactive ketones (excluding diaryl/α,β-unsaturated/α-hetero) is 1. The van der Waals surface area contributed by atoms with Gasteiger partial charge in [-0.2, -0.15) is 0 Å². The molecule has 4 N–H and O–H groups in total. The summed E-state index contributed by atoms with van der Waals surface area (Å²) < 4.78 is 45.5. The molecule has 2 aromatic rings. The van der Waals surface area contributed by atoms with E-state index in [1.165, 1.54) is 29.6 Å². The summed E-state index contributed by atoms with van der Waals surface area (Å²) in [5, 5.41) is 21.6. The molecule has 4 amide bonds. The Bertz CT molecular complexity index is 1880. The van der Waals surface area contributed by atoms with Gasteiger partial charge in [0.05, 0.1) is 17.9 Å². The van der Waals surface area contributed by atoms with Crippen LogP contribution in [-0.2, 0) is 39.4 Å². The number of nitrogens with two attached hydrogens (primary N) is 1. The van der Waals surface area contributed by atoms with Gasteiger partial charge in [-0.05, 0) is 44.4 Å². The van der Waals surface area contributed by atoms with E-state index in [0.29, 0.717) is 5.69 Å². The van der Waals surface area contributed by atoms with Crippen molar-refractivity contribution < 1.29 is 46.6 Å². The maximum Gasteiger partial charge on any atom is 0.287 e. The maximum atomic E-state index is 14.8. The molecule has 0 bridgehead atoms. The minimum absolute atomic E-state index is 0.0184. The van der Waals surface area contributed by atoms with Crippen LogP contribution in [-0.4, -0.2) is 106 Å². The van der Waals surface area contributed by atoms with E-state index < -0.39 is 73.2 Å². The average molecular weight is 746 g/mol. The zero-order valence-corrected chi connectivity index (χ0v) is 30.2. The third-order valence-corrected chi connectivity index (χ3v) is 11.2. The number of carbonyl (C=O) groups excluding carboxylic acids is 5. The fourth-order valence-electron chi connectivity index (χ4n) is 7.23. The van der Waals surface area contributed by atoms with Gasteiger partial charge in [-0.3, -0.25) is 24.0 Å². The number of aromatic nitrogens is 3. The molecule has 52 heavy (non-hydrogen) atoms. The molecule has 16 nitrogen and oxygen atoms in total. The summed E-state index contributed by atoms with van der Waals surface area (Å²) in [6, 6.07) is 0.848. The number of nitrogens with one attached hydrogen (secondary N) is 1. The Kier molecular flexibility index (Phi) is 11.4. The van der Waals surface area contributed by atoms with E-state index in [-0.39, 0.29) is 62.6 Å². The number of likely N-dealkylation sites (tertiary alicyclic amines) is 1. The fourth-order valence-corrected chi connectivity index (χ4v) is 7.96. The molecular weight excluding hydrogens is 701 g/mol. The van der Waals surface area contributed by atoms with Gasteiger partial charge in [-0.15, -0.1) is 5.10 Å². The summed E-state index contributed by atoms with van der Waals surface area (Å²) in [5.41, 5.74) is 2.15. The van der Waals surface area contributed by atoms with E-state index >= 15 is 0 Å². The normalized spacial score (nSPS) is 21.5. The molecule has 3 heterocycles. The molecule has 0 radical (unpaired) electrons. The molecule has 2 aliphatic heterocycles. The Morgan fingerprint density at radius 1 is 1.13 bits per heavy atom. The molecule has 2 saturated heterocycles. The van der Waals surface area contributed by atoms with Gasteiger partial charge in [0.2, 0.25) is 11.7 Å². The van der Waals surface area contributed by atoms with Crippen molar-refractivity contribution in [2.24, 2.45) is 16.6 Å². The van der Waals surface area contributed by atoms with Gasteiger partial charge in [0.1, 0.15) is 33.6 Å². The van der Waals surface area contributed by atoms with Gasteiger partial charge in [-0.1, -0.05) is 37.3 Å². The maximum absolute atomic E-state index is 14.8. The molecule has 3 fully saturated rings. The number of nitrogens with zero attached hydrogens (tertiary/aromatic N) is 5. The second kappa shape index (κ2) is 15.3. The third-order valence-electron chi connectivity index (χ3n) is 10.0. The van der Waals surface area contributed by atoms with Crippen molar-refractivity contribution in [3.63, 3.8) is 0 Å². The van der Waals surface area contributed by atoms with Crippen molar-refractivity contribution in [1.82, 2.24) is 25.2 Å². The summed E-state index contributed by atoms with van der Waals surface area (Å²) in [7, 11) is -3.92. The number of hydrogen-bond acceptors (Lipinski definition) is 11. The molecule has 3 aliphatic rings. The summed E-state index contributed by atoms with van der Waals surface area (Å²) >= 11 is 0. The van der Waals surface area contributed by atoms with Gasteiger partial charge in [0, 0.05) is 50.8 Å². The third kappa shape index (κ3) is 8.44. The molecule has 5 rings (SSSR count). The lowest BCUT2D eigenvalue weighted by molar-refractivity contribution is -0.146. The zero-order valence-electron chi connectivity index (χ0n) is 29.3. The lowest BCUT2D eigenvalue weighted by Gasteiger charge is -2.37. The predicted molar refractivity (Wildman–Crippen MR) is 182 cm³/mol. The van der Waals surface area contributed by atoms with Crippen LogP contribution in [0.2, 0.25) is 0 Å². The largest absolute Gasteiger partial charge is 0.384 e. The first-order valence-corrected chi connectivity index (χ1v) is 19.1. The Hall–Kier alpha value is -4.42. The summed E-state index contributed by atoms with van der Waals surface area (Å²) in [6.45, 7) is 3.05. The van der Waals surface area contributed by atoms with Crippen molar-refractivity contribution >= 4 is 45.0 Å². The number of sulfone groups is 1. The van der Waals surface area contributed by atoms with Crippen LogP contribution in [0.25, 0.3) is 0 Å². The Morgan fingerprint density at radius 3 is 2.40 bits per heavy atom. The molecule has 0 unspecified atom stereocenters. The van der Waals surface area contributed by atoms with E-state index in [2.05, 4.69) is 20.6 Å². The number of ether oxygens (including phenoxy) is 1. The van der Waals surface area contributed by atoms with Crippen molar-refractivity contribution in [1.29, 1.82) is 0 Å². The van der Waals surface area contributed by atoms with E-state index in [4.69, 9.17) is 10.5 Å². The van der Waals surface area contributed by atoms with E-state index in [1.807, 2.05) is 0 Å². The number of aliphatic imine (C=N–C) groups is 1. The van der Waals surface area contributed by atoms with Gasteiger partial charge in [-0.25, -0.2) is 22.5 Å². The second-order valence-electron chi connectivity index (χ2n) is 14.4. The van der Waals surface area contributed by atoms with Gasteiger partial charge in [0.25, 0.3) is 17.7 Å². The van der Waals surface area contributed by atoms with Crippen LogP contribution in [0, 0.1) is 11.7 Å². The van der Waals surface area contributed by atoms with Crippen molar-refractivity contribution in [2.75, 3.05) is 26.0 Å². The molecule has 1 aliphatic carbocycles. The summed E-state index contributed by atoms with van der Waals surface area (Å²) in [5.74, 6) is -5.92. The number of amides is 4. The molecule has 1 aromatic carbocycles. The average Bonchev–Trinajstić information content (AvgIpc) is 3.76. The Labute approximate surface area is 300 Å². The first-order chi connectivity index (χ1) is 24.4. The number of halogens is 1. The lowest BCUT2D eigenvalue weighted by atomic mass is 9.84. The van der Waals surface area contributed by atoms with Gasteiger partial charge >= 0.3 is 0 Å². The molecule has 2 atom stereocenters. The van der Waals surface area contributed by atoms with Crippen LogP contribution in [0.3, 0.4) is 0 Å². The SMILES string of the molecule is CC(C)(O)c1cnnn1[C@H]1C[C@@H](C(=O)NC2(C(=O)C(N)=O)CCOCC2)N(C(=O)C(CC2CCCCC2)=NC(=O)c2ccc(S(C)(=O)=O)c(F)c2)C1. The lowest BCUT2D eigenvalue weighted by Crippen LogP contribution is -2.63. The van der Waals surface area contributed by atoms with Crippen LogP contribution < -0.4 is 11.1 Å². The van der Waals surface area contributed by atoms with Crippen LogP contribution in [0.5, 0.6) is 0 Å². The van der Waals surface area contributed by atoms with Crippen molar-refractivity contribution in [2.45, 2.75) is 99.8 Å². The highest BCUT2D eigenvalue weighted by molar-refractivity contribution is 7.90. The van der Waals surface area contributed by atoms with Gasteiger partial charge < -0.3 is 25.8 Å². The first kappa shape index (κ1) is 38.8. The standard InChI is InChI=1S/C34H44FN7O9S/c1-33(2,48)27-18-37-40-42(27)22-17-25(31(46)39-34(28(43)29(36)44)11-13-51-14-12-34)41(19-22)32(47)24(15-20-7-5-4-6-8-20)38-30(45)21-9-10-26(23(35)16-21)52(3,49)50/h9-10,16,18,20,22,25,48H,4-8,11-15,17,19H2,1-3H3,(H2,36,44)(H,39,46)/t22-,25-/m0/s1. The highest BCUT2D eigenvalue weighted by Gasteiger charge is 2.49. The summed E-state index contributed by atoms with van der Waals surface area (Å²) in [6.07, 6.45) is 6.49. The van der Waals surface area contributed by atoms with E-state index in [0.717, 1.165) is 56.6 Å². The Balaban J connectivity index is 1.54. The highest BCUT2D eigenvalue weighted by atomic mass is 32.2. The van der Waals surface area contributed by atoms with E-state index in [1.54, 1.807) is 0 Å². The molecule has 18 heteroatoms. The molecule has 1 aromatic heterocycles. The topological polar surface area (TPSA) is 233 Å². The summed E-state index contributed by atoms with van der Waals surface area (Å²) in [4.78, 5) is 72.3. The number of ketones is 1. The monoisotopic (exact) mass is 745 g/mol. The Morgan fingerprint density at radius 2 is 1.81 bits per heavy atom. The quantitative estimate of drug-likeness (QED) is 0.218. The smallest absolute Gasteiger partial charge is 0.287 e. The molecule has 1 saturated carbocycles. The van der Waals surface area contributed by atoms with Crippen LogP contribution in [0.1, 0.15) is 93.7 Å². The minimum Gasteiger partial charge on any atom is -0.384 e. The number of primary amides is 1. The zero-order chi connectivity index (χ0) is 38.0. The number of benzene rings is 1. The van der Waals surface area contributed by atoms with Crippen LogP contribution >= 0.6 is 0 Å². The molecule has 0 spiro atoms. The van der Waals surface area contributed by atoms with E-state index in [9.17, 15) is 41.9 Å². The highest BCUT2D eigenvalue weighted by Crippen LogP contribution is 2.34. The minimum atomic E-state index is -3.92. The van der Waals surface area contributed by atoms with Crippen LogP contribution in [0.15, 0.2) is 34.3 Å². The van der Waals surface area contributed by atoms with Gasteiger partial charge in [0.15, 0.2) is 9.84 Å². The van der Waals surface area contributed by atoms with Crippen molar-refractivity contribution in [3.8, 4) is 0 Å². The second-order valence-corrected chi connectivity index (χ2v) is 16.3. The fraction of sp³-hybridized carbons (Fsp3) is 0.588.